The van der Waals surface area contributed by atoms with Gasteiger partial charge in [0.2, 0.25) is 0 Å². The molecule has 0 atom stereocenters. The van der Waals surface area contributed by atoms with Crippen LogP contribution >= 0.6 is 0 Å². The molecule has 1 aromatic rings. The predicted molar refractivity (Wildman–Crippen MR) is 98.8 cm³/mol. The fourth-order valence-electron chi connectivity index (χ4n) is 4.58. The first kappa shape index (κ1) is 18.3. The van der Waals surface area contributed by atoms with Crippen LogP contribution in [-0.2, 0) is 23.3 Å². The summed E-state index contributed by atoms with van der Waals surface area (Å²) in [6.07, 6.45) is 7.14. The fraction of sp³-hybridized carbons (Fsp3) is 0.882. The molecular weight excluding hydrogens is 352 g/mol. The zero-order chi connectivity index (χ0) is 18.1. The molecule has 1 saturated heterocycles. The second kappa shape index (κ2) is 7.53. The average molecular weight is 383 g/mol. The second-order valence-corrected chi connectivity index (χ2v) is 9.78. The molecule has 0 bridgehead atoms. The predicted octanol–water partition coefficient (Wildman–Crippen LogP) is 1.07. The molecule has 1 aromatic heterocycles. The summed E-state index contributed by atoms with van der Waals surface area (Å²) in [5, 5.41) is 12.0. The summed E-state index contributed by atoms with van der Waals surface area (Å²) >= 11 is 0. The van der Waals surface area contributed by atoms with Gasteiger partial charge in [0.1, 0.15) is 11.6 Å². The van der Waals surface area contributed by atoms with Crippen LogP contribution < -0.4 is 5.32 Å². The molecule has 3 aliphatic rings. The highest BCUT2D eigenvalue weighted by Crippen LogP contribution is 2.31. The van der Waals surface area contributed by atoms with Gasteiger partial charge in [-0.05, 0) is 25.7 Å². The van der Waals surface area contributed by atoms with Crippen LogP contribution in [-0.4, -0.2) is 64.5 Å². The van der Waals surface area contributed by atoms with Crippen molar-refractivity contribution in [1.29, 1.82) is 0 Å². The van der Waals surface area contributed by atoms with Gasteiger partial charge < -0.3 is 9.88 Å². The van der Waals surface area contributed by atoms with Crippen molar-refractivity contribution in [2.24, 2.45) is 0 Å². The van der Waals surface area contributed by atoms with Gasteiger partial charge in [-0.2, -0.15) is 17.0 Å². The highest BCUT2D eigenvalue weighted by Gasteiger charge is 2.36. The van der Waals surface area contributed by atoms with E-state index in [1.54, 1.807) is 15.7 Å². The first-order chi connectivity index (χ1) is 12.6. The second-order valence-electron chi connectivity index (χ2n) is 7.79. The Morgan fingerprint density at radius 1 is 1.04 bits per heavy atom. The minimum atomic E-state index is -3.36. The molecule has 9 heteroatoms. The number of piperidine rings is 1. The Balaban J connectivity index is 1.40. The smallest absolute Gasteiger partial charge is 0.281 e. The summed E-state index contributed by atoms with van der Waals surface area (Å²) < 4.78 is 31.6. The molecule has 8 nitrogen and oxygen atoms in total. The maximum Gasteiger partial charge on any atom is 0.281 e. The number of hydrogen-bond donors (Lipinski definition) is 1. The lowest BCUT2D eigenvalue weighted by Gasteiger charge is -2.37. The monoisotopic (exact) mass is 382 g/mol. The van der Waals surface area contributed by atoms with Crippen molar-refractivity contribution in [3.63, 3.8) is 0 Å². The largest absolute Gasteiger partial charge is 0.312 e. The highest BCUT2D eigenvalue weighted by atomic mass is 32.2. The van der Waals surface area contributed by atoms with Gasteiger partial charge in [0.15, 0.2) is 0 Å². The van der Waals surface area contributed by atoms with Crippen LogP contribution in [0.4, 0.5) is 0 Å². The van der Waals surface area contributed by atoms with E-state index in [9.17, 15) is 8.42 Å². The van der Waals surface area contributed by atoms with Gasteiger partial charge in [-0.1, -0.05) is 19.3 Å². The Morgan fingerprint density at radius 2 is 1.77 bits per heavy atom. The van der Waals surface area contributed by atoms with E-state index in [4.69, 9.17) is 0 Å². The molecule has 0 unspecified atom stereocenters. The summed E-state index contributed by atoms with van der Waals surface area (Å²) in [6.45, 7) is 3.76. The molecule has 1 N–H and O–H groups in total. The Bertz CT molecular complexity index is 720. The number of aromatic nitrogens is 3. The molecule has 3 heterocycles. The van der Waals surface area contributed by atoms with Crippen molar-refractivity contribution in [2.45, 2.75) is 70.0 Å². The van der Waals surface area contributed by atoms with Crippen LogP contribution in [0.25, 0.3) is 0 Å². The zero-order valence-electron chi connectivity index (χ0n) is 15.6. The minimum absolute atomic E-state index is 0.169. The van der Waals surface area contributed by atoms with E-state index < -0.39 is 10.2 Å². The van der Waals surface area contributed by atoms with Gasteiger partial charge in [-0.25, -0.2) is 0 Å². The summed E-state index contributed by atoms with van der Waals surface area (Å²) in [7, 11) is -1.59. The van der Waals surface area contributed by atoms with Crippen LogP contribution in [0, 0.1) is 0 Å². The normalized spacial score (nSPS) is 24.1. The Labute approximate surface area is 156 Å². The zero-order valence-corrected chi connectivity index (χ0v) is 16.4. The fourth-order valence-corrected chi connectivity index (χ4v) is 6.20. The Morgan fingerprint density at radius 3 is 2.50 bits per heavy atom. The summed E-state index contributed by atoms with van der Waals surface area (Å²) in [5.41, 5.74) is 0. The molecule has 2 fully saturated rings. The van der Waals surface area contributed by atoms with Gasteiger partial charge in [0, 0.05) is 45.2 Å². The van der Waals surface area contributed by atoms with Gasteiger partial charge >= 0.3 is 0 Å². The lowest BCUT2D eigenvalue weighted by atomic mass is 9.96. The minimum Gasteiger partial charge on any atom is -0.312 e. The molecule has 0 amide bonds. The molecule has 0 radical (unpaired) electrons. The van der Waals surface area contributed by atoms with E-state index in [-0.39, 0.29) is 6.04 Å². The van der Waals surface area contributed by atoms with Crippen LogP contribution in [0.5, 0.6) is 0 Å². The lowest BCUT2D eigenvalue weighted by Crippen LogP contribution is -2.49. The average Bonchev–Trinajstić information content (AvgIpc) is 3.12. The van der Waals surface area contributed by atoms with Crippen LogP contribution in [0.1, 0.15) is 62.5 Å². The molecule has 26 heavy (non-hydrogen) atoms. The molecular formula is C17H30N6O2S. The summed E-state index contributed by atoms with van der Waals surface area (Å²) in [4.78, 5) is 0. The van der Waals surface area contributed by atoms with Crippen molar-refractivity contribution in [3.05, 3.63) is 11.6 Å². The number of rotatable bonds is 4. The van der Waals surface area contributed by atoms with Gasteiger partial charge in [0.25, 0.3) is 10.2 Å². The maximum absolute atomic E-state index is 13.0. The first-order valence-corrected chi connectivity index (χ1v) is 11.3. The van der Waals surface area contributed by atoms with E-state index in [0.29, 0.717) is 19.0 Å². The molecule has 146 valence electrons. The van der Waals surface area contributed by atoms with Crippen LogP contribution in [0.2, 0.25) is 0 Å². The van der Waals surface area contributed by atoms with Gasteiger partial charge in [-0.15, -0.1) is 10.2 Å². The van der Waals surface area contributed by atoms with E-state index in [1.807, 2.05) is 0 Å². The number of fused-ring (bicyclic) bond motifs is 1. The number of hydrogen-bond acceptors (Lipinski definition) is 5. The topological polar surface area (TPSA) is 83.4 Å². The van der Waals surface area contributed by atoms with Gasteiger partial charge in [0.05, 0.1) is 6.54 Å². The molecule has 0 aromatic carbocycles. The van der Waals surface area contributed by atoms with E-state index in [2.05, 4.69) is 20.1 Å². The standard InChI is InChI=1S/C17H30N6O2S/c1-21(15-5-3-2-4-6-15)26(24,25)22-10-7-14(8-11-22)17-20-19-16-13-18-9-12-23(16)17/h14-15,18H,2-13H2,1H3. The third-order valence-electron chi connectivity index (χ3n) is 6.25. The summed E-state index contributed by atoms with van der Waals surface area (Å²) in [5.74, 6) is 2.35. The Hall–Kier alpha value is -1.03. The van der Waals surface area contributed by atoms with Crippen LogP contribution in [0.3, 0.4) is 0 Å². The SMILES string of the molecule is CN(C1CCCCC1)S(=O)(=O)N1CCC(c2nnc3n2CCNC3)CC1. The first-order valence-electron chi connectivity index (χ1n) is 9.93. The Kier molecular flexibility index (Phi) is 5.31. The summed E-state index contributed by atoms with van der Waals surface area (Å²) in [6, 6.07) is 0.169. The molecule has 1 aliphatic carbocycles. The molecule has 1 saturated carbocycles. The molecule has 2 aliphatic heterocycles. The maximum atomic E-state index is 13.0. The van der Waals surface area contributed by atoms with Crippen molar-refractivity contribution in [2.75, 3.05) is 26.7 Å². The van der Waals surface area contributed by atoms with Crippen molar-refractivity contribution in [3.8, 4) is 0 Å². The quantitative estimate of drug-likeness (QED) is 0.842. The van der Waals surface area contributed by atoms with Crippen molar-refractivity contribution < 1.29 is 8.42 Å². The highest BCUT2D eigenvalue weighted by molar-refractivity contribution is 7.86. The number of nitrogens with one attached hydrogen (secondary N) is 1. The molecule has 4 rings (SSSR count). The number of nitrogens with zero attached hydrogens (tertiary/aromatic N) is 5. The third kappa shape index (κ3) is 3.42. The van der Waals surface area contributed by atoms with Crippen molar-refractivity contribution in [1.82, 2.24) is 28.7 Å². The lowest BCUT2D eigenvalue weighted by molar-refractivity contribution is 0.243. The van der Waals surface area contributed by atoms with E-state index >= 15 is 0 Å². The van der Waals surface area contributed by atoms with Crippen molar-refractivity contribution >= 4 is 10.2 Å². The van der Waals surface area contributed by atoms with E-state index in [0.717, 1.165) is 69.8 Å². The van der Waals surface area contributed by atoms with Gasteiger partial charge in [-0.3, -0.25) is 0 Å². The molecule has 0 spiro atoms. The third-order valence-corrected chi connectivity index (χ3v) is 8.29. The van der Waals surface area contributed by atoms with E-state index in [1.165, 1.54) is 6.42 Å². The van der Waals surface area contributed by atoms with Crippen LogP contribution in [0.15, 0.2) is 0 Å².